The highest BCUT2D eigenvalue weighted by Crippen LogP contribution is 2.40. The molecular formula is C25H27F6N7O4. The van der Waals surface area contributed by atoms with E-state index in [1.807, 2.05) is 5.10 Å². The van der Waals surface area contributed by atoms with Crippen LogP contribution in [0, 0.1) is 0 Å². The van der Waals surface area contributed by atoms with Crippen molar-refractivity contribution in [2.75, 3.05) is 61.1 Å². The van der Waals surface area contributed by atoms with Gasteiger partial charge in [-0.05, 0) is 18.9 Å². The molecule has 3 aliphatic rings. The van der Waals surface area contributed by atoms with Crippen LogP contribution in [0.2, 0.25) is 0 Å². The number of hydrogen-bond donors (Lipinski definition) is 1. The number of rotatable bonds is 6. The number of aromatic nitrogens is 3. The van der Waals surface area contributed by atoms with E-state index in [2.05, 4.69) is 10.1 Å². The number of fused-ring (bicyclic) bond motifs is 3. The Morgan fingerprint density at radius 1 is 1.05 bits per heavy atom. The quantitative estimate of drug-likeness (QED) is 0.395. The number of alkyl halides is 6. The van der Waals surface area contributed by atoms with Crippen molar-refractivity contribution in [3.05, 3.63) is 39.9 Å². The Morgan fingerprint density at radius 3 is 2.52 bits per heavy atom. The lowest BCUT2D eigenvalue weighted by Crippen LogP contribution is -2.63. The van der Waals surface area contributed by atoms with Crippen molar-refractivity contribution in [1.29, 1.82) is 0 Å². The lowest BCUT2D eigenvalue weighted by Gasteiger charge is -2.46. The average molecular weight is 604 g/mol. The van der Waals surface area contributed by atoms with E-state index < -0.39 is 47.0 Å². The molecule has 2 aromatic rings. The zero-order chi connectivity index (χ0) is 30.4. The molecule has 5 heterocycles. The number of pyridine rings is 1. The Labute approximate surface area is 235 Å². The van der Waals surface area contributed by atoms with Crippen molar-refractivity contribution < 1.29 is 40.7 Å². The molecule has 0 saturated carbocycles. The highest BCUT2D eigenvalue weighted by molar-refractivity contribution is 6.05. The lowest BCUT2D eigenvalue weighted by molar-refractivity contribution is -0.139. The highest BCUT2D eigenvalue weighted by atomic mass is 19.4. The van der Waals surface area contributed by atoms with Gasteiger partial charge in [-0.2, -0.15) is 31.4 Å². The standard InChI is InChI=1S/C25H27F6N7O4/c1-35-16-9-14(24(26,27)28)10-32-21(16)38-7-6-36(12-18(38)23(35)41)19(39)4-8-42-13-15-3-2-5-37(15)17-11-33-34-22(40)20(17)25(29,30)31/h9-11,15,18H,2-8,12-13H2,1H3,(H,34,40). The topological polar surface area (TPSA) is 115 Å². The normalized spacial score (nSPS) is 21.1. The summed E-state index contributed by atoms with van der Waals surface area (Å²) in [7, 11) is 1.36. The molecule has 17 heteroatoms. The molecule has 0 spiro atoms. The number of likely N-dealkylation sites (N-methyl/N-ethyl adjacent to an activating group) is 1. The van der Waals surface area contributed by atoms with E-state index in [-0.39, 0.29) is 68.9 Å². The maximum Gasteiger partial charge on any atom is 0.423 e. The molecule has 0 aromatic carbocycles. The van der Waals surface area contributed by atoms with Crippen LogP contribution in [0.4, 0.5) is 43.5 Å². The van der Waals surface area contributed by atoms with Crippen molar-refractivity contribution in [3.63, 3.8) is 0 Å². The molecular weight excluding hydrogens is 576 g/mol. The fourth-order valence-electron chi connectivity index (χ4n) is 5.63. The van der Waals surface area contributed by atoms with Gasteiger partial charge in [-0.3, -0.25) is 14.4 Å². The zero-order valence-electron chi connectivity index (χ0n) is 22.3. The molecule has 2 atom stereocenters. The van der Waals surface area contributed by atoms with Crippen LogP contribution in [0.15, 0.2) is 23.3 Å². The van der Waals surface area contributed by atoms with Crippen molar-refractivity contribution in [3.8, 4) is 0 Å². The number of anilines is 3. The first kappa shape index (κ1) is 29.6. The number of amides is 2. The summed E-state index contributed by atoms with van der Waals surface area (Å²) >= 11 is 0. The van der Waals surface area contributed by atoms with Crippen LogP contribution in [0.5, 0.6) is 0 Å². The number of hydrogen-bond acceptors (Lipinski definition) is 8. The van der Waals surface area contributed by atoms with Crippen molar-refractivity contribution >= 4 is 29.0 Å². The summed E-state index contributed by atoms with van der Waals surface area (Å²) in [6.07, 6.45) is -6.73. The molecule has 2 saturated heterocycles. The summed E-state index contributed by atoms with van der Waals surface area (Å²) < 4.78 is 85.7. The number of nitrogens with zero attached hydrogens (tertiary/aromatic N) is 6. The van der Waals surface area contributed by atoms with Gasteiger partial charge in [-0.25, -0.2) is 10.1 Å². The Kier molecular flexibility index (Phi) is 7.80. The van der Waals surface area contributed by atoms with Gasteiger partial charge in [0.05, 0.1) is 55.4 Å². The number of carbonyl (C=O) groups is 2. The fourth-order valence-corrected chi connectivity index (χ4v) is 5.63. The summed E-state index contributed by atoms with van der Waals surface area (Å²) in [5.41, 5.74) is -3.90. The average Bonchev–Trinajstić information content (AvgIpc) is 3.40. The van der Waals surface area contributed by atoms with Crippen LogP contribution >= 0.6 is 0 Å². The first-order valence-corrected chi connectivity index (χ1v) is 13.2. The maximum atomic E-state index is 13.5. The Hall–Kier alpha value is -3.89. The second-order valence-electron chi connectivity index (χ2n) is 10.3. The van der Waals surface area contributed by atoms with E-state index in [0.717, 1.165) is 23.4 Å². The Bertz CT molecular complexity index is 1410. The molecule has 42 heavy (non-hydrogen) atoms. The van der Waals surface area contributed by atoms with E-state index in [9.17, 15) is 40.7 Å². The van der Waals surface area contributed by atoms with Gasteiger partial charge < -0.3 is 24.3 Å². The van der Waals surface area contributed by atoms with Gasteiger partial charge in [0, 0.05) is 32.9 Å². The minimum atomic E-state index is -4.87. The molecule has 2 aromatic heterocycles. The predicted octanol–water partition coefficient (Wildman–Crippen LogP) is 2.27. The van der Waals surface area contributed by atoms with Gasteiger partial charge in [-0.1, -0.05) is 0 Å². The van der Waals surface area contributed by atoms with Crippen LogP contribution in [0.25, 0.3) is 0 Å². The second kappa shape index (κ2) is 11.1. The molecule has 2 fully saturated rings. The molecule has 11 nitrogen and oxygen atoms in total. The van der Waals surface area contributed by atoms with Gasteiger partial charge >= 0.3 is 12.4 Å². The molecule has 0 bridgehead atoms. The molecule has 2 unspecified atom stereocenters. The molecule has 3 aliphatic heterocycles. The van der Waals surface area contributed by atoms with Gasteiger partial charge in [0.2, 0.25) is 5.91 Å². The third-order valence-electron chi connectivity index (χ3n) is 7.73. The molecule has 228 valence electrons. The lowest BCUT2D eigenvalue weighted by atomic mass is 10.0. The number of aromatic amines is 1. The predicted molar refractivity (Wildman–Crippen MR) is 136 cm³/mol. The Morgan fingerprint density at radius 2 is 1.81 bits per heavy atom. The largest absolute Gasteiger partial charge is 0.423 e. The summed E-state index contributed by atoms with van der Waals surface area (Å²) in [6, 6.07) is -0.385. The second-order valence-corrected chi connectivity index (χ2v) is 10.3. The van der Waals surface area contributed by atoms with E-state index in [1.54, 1.807) is 4.90 Å². The van der Waals surface area contributed by atoms with Crippen molar-refractivity contribution in [2.45, 2.75) is 43.7 Å². The zero-order valence-corrected chi connectivity index (χ0v) is 22.3. The molecule has 1 N–H and O–H groups in total. The van der Waals surface area contributed by atoms with Crippen molar-refractivity contribution in [2.24, 2.45) is 0 Å². The number of halogens is 6. The Balaban J connectivity index is 1.17. The van der Waals surface area contributed by atoms with E-state index in [4.69, 9.17) is 4.74 Å². The summed E-state index contributed by atoms with van der Waals surface area (Å²) in [5, 5.41) is 5.34. The van der Waals surface area contributed by atoms with Gasteiger partial charge in [0.1, 0.15) is 11.6 Å². The molecule has 0 radical (unpaired) electrons. The third kappa shape index (κ3) is 5.61. The number of H-pyrrole nitrogens is 1. The van der Waals surface area contributed by atoms with Crippen LogP contribution in [0.1, 0.15) is 30.4 Å². The number of piperazine rings is 1. The summed E-state index contributed by atoms with van der Waals surface area (Å²) in [5.74, 6) is -0.542. The molecule has 0 aliphatic carbocycles. The number of carbonyl (C=O) groups excluding carboxylic acids is 2. The summed E-state index contributed by atoms with van der Waals surface area (Å²) in [6.45, 7) is 0.693. The van der Waals surface area contributed by atoms with Crippen LogP contribution < -0.4 is 20.3 Å². The fraction of sp³-hybridized carbons (Fsp3) is 0.560. The molecule has 5 rings (SSSR count). The summed E-state index contributed by atoms with van der Waals surface area (Å²) in [4.78, 5) is 47.4. The van der Waals surface area contributed by atoms with Gasteiger partial charge in [-0.15, -0.1) is 0 Å². The molecule has 2 amide bonds. The minimum Gasteiger partial charge on any atom is -0.379 e. The van der Waals surface area contributed by atoms with Crippen LogP contribution in [0.3, 0.4) is 0 Å². The van der Waals surface area contributed by atoms with E-state index in [0.29, 0.717) is 12.8 Å². The first-order chi connectivity index (χ1) is 19.8. The minimum absolute atomic E-state index is 0.0102. The third-order valence-corrected chi connectivity index (χ3v) is 7.73. The SMILES string of the molecule is CN1C(=O)C2CN(C(=O)CCOCC3CCCN3c3cn[nH]c(=O)c3C(F)(F)F)CCN2c2ncc(C(F)(F)F)cc21. The van der Waals surface area contributed by atoms with Crippen LogP contribution in [-0.4, -0.2) is 90.4 Å². The number of ether oxygens (including phenoxy) is 1. The van der Waals surface area contributed by atoms with Gasteiger partial charge in [0.25, 0.3) is 11.5 Å². The maximum absolute atomic E-state index is 13.5. The smallest absolute Gasteiger partial charge is 0.379 e. The van der Waals surface area contributed by atoms with E-state index >= 15 is 0 Å². The van der Waals surface area contributed by atoms with Gasteiger partial charge in [0.15, 0.2) is 5.82 Å². The first-order valence-electron chi connectivity index (χ1n) is 13.2. The van der Waals surface area contributed by atoms with E-state index in [1.165, 1.54) is 16.8 Å². The van der Waals surface area contributed by atoms with Crippen LogP contribution in [-0.2, 0) is 26.7 Å². The highest BCUT2D eigenvalue weighted by Gasteiger charge is 2.44. The number of nitrogens with one attached hydrogen (secondary N) is 1. The monoisotopic (exact) mass is 603 g/mol. The van der Waals surface area contributed by atoms with Crippen molar-refractivity contribution in [1.82, 2.24) is 20.1 Å².